The zero-order valence-corrected chi connectivity index (χ0v) is 16.8. The molecule has 0 saturated heterocycles. The Morgan fingerprint density at radius 3 is 2.48 bits per heavy atom. The Kier molecular flexibility index (Phi) is 11.2. The largest absolute Gasteiger partial charge is 0.391 e. The number of hydrogen-bond acceptors (Lipinski definition) is 3. The highest BCUT2D eigenvalue weighted by Crippen LogP contribution is 2.07. The summed E-state index contributed by atoms with van der Waals surface area (Å²) in [5.41, 5.74) is 0.824. The SMILES string of the molecule is CCNC(=NCC(C)(C)OC)NCC(O)Cc1ccccc1.I. The van der Waals surface area contributed by atoms with Gasteiger partial charge in [0, 0.05) is 26.6 Å². The topological polar surface area (TPSA) is 65.9 Å². The van der Waals surface area contributed by atoms with E-state index < -0.39 is 6.10 Å². The van der Waals surface area contributed by atoms with Crippen molar-refractivity contribution >= 4 is 29.9 Å². The van der Waals surface area contributed by atoms with Crippen molar-refractivity contribution in [2.75, 3.05) is 26.7 Å². The van der Waals surface area contributed by atoms with Crippen molar-refractivity contribution in [3.63, 3.8) is 0 Å². The molecule has 0 bridgehead atoms. The van der Waals surface area contributed by atoms with Crippen molar-refractivity contribution in [3.05, 3.63) is 35.9 Å². The van der Waals surface area contributed by atoms with Crippen molar-refractivity contribution in [3.8, 4) is 0 Å². The van der Waals surface area contributed by atoms with Crippen LogP contribution in [-0.2, 0) is 11.2 Å². The van der Waals surface area contributed by atoms with Gasteiger partial charge >= 0.3 is 0 Å². The van der Waals surface area contributed by atoms with Gasteiger partial charge in [0.25, 0.3) is 0 Å². The molecule has 1 atom stereocenters. The van der Waals surface area contributed by atoms with Gasteiger partial charge in [-0.15, -0.1) is 24.0 Å². The zero-order valence-electron chi connectivity index (χ0n) is 14.5. The molecule has 0 fully saturated rings. The summed E-state index contributed by atoms with van der Waals surface area (Å²) >= 11 is 0. The molecule has 6 heteroatoms. The van der Waals surface area contributed by atoms with Gasteiger partial charge in [0.15, 0.2) is 5.96 Å². The van der Waals surface area contributed by atoms with Crippen LogP contribution in [0.25, 0.3) is 0 Å². The lowest BCUT2D eigenvalue weighted by molar-refractivity contribution is 0.0310. The summed E-state index contributed by atoms with van der Waals surface area (Å²) in [6.07, 6.45) is 0.165. The summed E-state index contributed by atoms with van der Waals surface area (Å²) in [5.74, 6) is 0.694. The lowest BCUT2D eigenvalue weighted by Crippen LogP contribution is -2.42. The standard InChI is InChI=1S/C17H29N3O2.HI/c1-5-18-16(20-13-17(2,3)22-4)19-12-15(21)11-14-9-7-6-8-10-14;/h6-10,15,21H,5,11-13H2,1-4H3,(H2,18,19,20);1H. The number of ether oxygens (including phenoxy) is 1. The maximum atomic E-state index is 10.1. The first-order chi connectivity index (χ1) is 10.5. The summed E-state index contributed by atoms with van der Waals surface area (Å²) in [6, 6.07) is 9.97. The fourth-order valence-electron chi connectivity index (χ4n) is 1.85. The lowest BCUT2D eigenvalue weighted by atomic mass is 10.1. The maximum Gasteiger partial charge on any atom is 0.191 e. The van der Waals surface area contributed by atoms with Crippen LogP contribution in [0.15, 0.2) is 35.3 Å². The Balaban J connectivity index is 0.00000484. The molecule has 0 saturated carbocycles. The van der Waals surface area contributed by atoms with E-state index in [1.165, 1.54) is 0 Å². The minimum Gasteiger partial charge on any atom is -0.391 e. The number of guanidine groups is 1. The van der Waals surface area contributed by atoms with E-state index in [-0.39, 0.29) is 29.6 Å². The first-order valence-corrected chi connectivity index (χ1v) is 7.76. The molecule has 0 aliphatic carbocycles. The van der Waals surface area contributed by atoms with Crippen LogP contribution in [0.5, 0.6) is 0 Å². The van der Waals surface area contributed by atoms with Gasteiger partial charge in [-0.1, -0.05) is 30.3 Å². The molecule has 0 aliphatic heterocycles. The molecule has 0 aliphatic rings. The normalized spacial score (nSPS) is 13.2. The summed E-state index contributed by atoms with van der Waals surface area (Å²) in [7, 11) is 1.68. The predicted octanol–water partition coefficient (Wildman–Crippen LogP) is 2.19. The number of aliphatic hydroxyl groups is 1. The molecule has 23 heavy (non-hydrogen) atoms. The Hall–Kier alpha value is -0.860. The second-order valence-corrected chi connectivity index (χ2v) is 5.88. The molecule has 132 valence electrons. The van der Waals surface area contributed by atoms with Crippen molar-refractivity contribution in [2.45, 2.75) is 38.9 Å². The highest BCUT2D eigenvalue weighted by molar-refractivity contribution is 14.0. The first-order valence-electron chi connectivity index (χ1n) is 7.76. The minimum atomic E-state index is -0.457. The van der Waals surface area contributed by atoms with Crippen LogP contribution in [0.3, 0.4) is 0 Å². The fourth-order valence-corrected chi connectivity index (χ4v) is 1.85. The highest BCUT2D eigenvalue weighted by atomic mass is 127. The van der Waals surface area contributed by atoms with Crippen LogP contribution in [0.2, 0.25) is 0 Å². The van der Waals surface area contributed by atoms with Gasteiger partial charge in [-0.2, -0.15) is 0 Å². The highest BCUT2D eigenvalue weighted by Gasteiger charge is 2.16. The van der Waals surface area contributed by atoms with E-state index in [9.17, 15) is 5.11 Å². The summed E-state index contributed by atoms with van der Waals surface area (Å²) in [4.78, 5) is 4.49. The van der Waals surface area contributed by atoms with E-state index in [0.29, 0.717) is 25.5 Å². The zero-order chi connectivity index (χ0) is 16.4. The molecule has 1 unspecified atom stereocenters. The minimum absolute atomic E-state index is 0. The van der Waals surface area contributed by atoms with Gasteiger partial charge < -0.3 is 20.5 Å². The Labute approximate surface area is 156 Å². The van der Waals surface area contributed by atoms with E-state index in [1.54, 1.807) is 7.11 Å². The molecule has 0 heterocycles. The third-order valence-corrected chi connectivity index (χ3v) is 3.33. The molecule has 0 spiro atoms. The van der Waals surface area contributed by atoms with E-state index in [0.717, 1.165) is 12.1 Å². The number of hydrogen-bond donors (Lipinski definition) is 3. The van der Waals surface area contributed by atoms with E-state index in [2.05, 4.69) is 15.6 Å². The molecule has 1 rings (SSSR count). The number of rotatable bonds is 8. The van der Waals surface area contributed by atoms with Crippen LogP contribution in [-0.4, -0.2) is 49.5 Å². The summed E-state index contributed by atoms with van der Waals surface area (Å²) < 4.78 is 5.36. The Bertz CT molecular complexity index is 452. The number of aliphatic imine (C=N–C) groups is 1. The molecular formula is C17H30IN3O2. The lowest BCUT2D eigenvalue weighted by Gasteiger charge is -2.21. The fraction of sp³-hybridized carbons (Fsp3) is 0.588. The second kappa shape index (κ2) is 11.6. The van der Waals surface area contributed by atoms with Gasteiger partial charge in [0.05, 0.1) is 18.2 Å². The number of methoxy groups -OCH3 is 1. The Morgan fingerprint density at radius 1 is 1.26 bits per heavy atom. The third kappa shape index (κ3) is 9.78. The van der Waals surface area contributed by atoms with Crippen LogP contribution >= 0.6 is 24.0 Å². The molecule has 0 radical (unpaired) electrons. The molecule has 1 aromatic rings. The van der Waals surface area contributed by atoms with Crippen molar-refractivity contribution in [1.82, 2.24) is 10.6 Å². The van der Waals surface area contributed by atoms with Gasteiger partial charge in [-0.05, 0) is 26.3 Å². The molecule has 3 N–H and O–H groups in total. The molecular weight excluding hydrogens is 405 g/mol. The predicted molar refractivity (Wildman–Crippen MR) is 107 cm³/mol. The van der Waals surface area contributed by atoms with Gasteiger partial charge in [0.2, 0.25) is 0 Å². The number of nitrogens with zero attached hydrogens (tertiary/aromatic N) is 1. The first kappa shape index (κ1) is 22.1. The molecule has 1 aromatic carbocycles. The summed E-state index contributed by atoms with van der Waals surface area (Å²) in [6.45, 7) is 7.77. The second-order valence-electron chi connectivity index (χ2n) is 5.88. The average molecular weight is 435 g/mol. The van der Waals surface area contributed by atoms with E-state index >= 15 is 0 Å². The number of halogens is 1. The molecule has 0 aromatic heterocycles. The van der Waals surface area contributed by atoms with Crippen LogP contribution in [0, 0.1) is 0 Å². The van der Waals surface area contributed by atoms with E-state index in [1.807, 2.05) is 51.1 Å². The number of benzene rings is 1. The third-order valence-electron chi connectivity index (χ3n) is 3.33. The number of nitrogens with one attached hydrogen (secondary N) is 2. The van der Waals surface area contributed by atoms with Crippen molar-refractivity contribution in [2.24, 2.45) is 4.99 Å². The van der Waals surface area contributed by atoms with Crippen LogP contribution in [0.4, 0.5) is 0 Å². The number of aliphatic hydroxyl groups excluding tert-OH is 1. The smallest absolute Gasteiger partial charge is 0.191 e. The van der Waals surface area contributed by atoms with Gasteiger partial charge in [-0.3, -0.25) is 4.99 Å². The van der Waals surface area contributed by atoms with Crippen LogP contribution < -0.4 is 10.6 Å². The summed E-state index contributed by atoms with van der Waals surface area (Å²) in [5, 5.41) is 16.5. The van der Waals surface area contributed by atoms with Crippen molar-refractivity contribution in [1.29, 1.82) is 0 Å². The maximum absolute atomic E-state index is 10.1. The molecule has 5 nitrogen and oxygen atoms in total. The van der Waals surface area contributed by atoms with E-state index in [4.69, 9.17) is 4.74 Å². The van der Waals surface area contributed by atoms with Crippen molar-refractivity contribution < 1.29 is 9.84 Å². The average Bonchev–Trinajstić information content (AvgIpc) is 2.51. The molecule has 0 amide bonds. The monoisotopic (exact) mass is 435 g/mol. The Morgan fingerprint density at radius 2 is 1.91 bits per heavy atom. The van der Waals surface area contributed by atoms with Crippen LogP contribution in [0.1, 0.15) is 26.3 Å². The quantitative estimate of drug-likeness (QED) is 0.333. The van der Waals surface area contributed by atoms with Gasteiger partial charge in [0.1, 0.15) is 0 Å². The van der Waals surface area contributed by atoms with Gasteiger partial charge in [-0.25, -0.2) is 0 Å².